The molecule has 0 heterocycles. The molecule has 0 aliphatic rings. The van der Waals surface area contributed by atoms with Gasteiger partial charge in [0.2, 0.25) is 0 Å². The van der Waals surface area contributed by atoms with E-state index in [0.29, 0.717) is 12.4 Å². The maximum Gasteiger partial charge on any atom is 0.302 e. The fourth-order valence-corrected chi connectivity index (χ4v) is 0.984. The summed E-state index contributed by atoms with van der Waals surface area (Å²) < 4.78 is 4.64. The van der Waals surface area contributed by atoms with E-state index in [1.165, 1.54) is 19.8 Å². The number of hydrogen-bond donors (Lipinski definition) is 0. The molecular weight excluding hydrogens is 204 g/mol. The third kappa shape index (κ3) is 23.2. The molecule has 0 atom stereocenters. The summed E-state index contributed by atoms with van der Waals surface area (Å²) in [6.45, 7) is 7.85. The van der Waals surface area contributed by atoms with E-state index in [-0.39, 0.29) is 5.97 Å². The van der Waals surface area contributed by atoms with Crippen LogP contribution in [-0.2, 0) is 14.3 Å². The predicted molar refractivity (Wildman–Crippen MR) is 66.4 cm³/mol. The van der Waals surface area contributed by atoms with Crippen molar-refractivity contribution >= 4 is 11.8 Å². The molecule has 16 heavy (non-hydrogen) atoms. The molecule has 96 valence electrons. The number of rotatable bonds is 7. The van der Waals surface area contributed by atoms with Gasteiger partial charge in [0.1, 0.15) is 5.78 Å². The van der Waals surface area contributed by atoms with E-state index >= 15 is 0 Å². The summed E-state index contributed by atoms with van der Waals surface area (Å²) in [7, 11) is 0. The summed E-state index contributed by atoms with van der Waals surface area (Å²) in [6, 6.07) is 0. The van der Waals surface area contributed by atoms with Crippen LogP contribution in [0, 0.1) is 0 Å². The average Bonchev–Trinajstić information content (AvgIpc) is 2.18. The van der Waals surface area contributed by atoms with Gasteiger partial charge in [-0.1, -0.05) is 33.1 Å². The second-order valence-electron chi connectivity index (χ2n) is 3.85. The number of carbonyl (C=O) groups is 2. The van der Waals surface area contributed by atoms with E-state index in [1.807, 2.05) is 0 Å². The first kappa shape index (κ1) is 17.5. The molecule has 0 saturated carbocycles. The number of Topliss-reactive ketones (excluding diaryl/α,β-unsaturated/α-hetero) is 1. The van der Waals surface area contributed by atoms with Crippen molar-refractivity contribution in [1.82, 2.24) is 0 Å². The quantitative estimate of drug-likeness (QED) is 0.496. The molecule has 0 aliphatic carbocycles. The predicted octanol–water partition coefficient (Wildman–Crippen LogP) is 3.51. The van der Waals surface area contributed by atoms with Crippen LogP contribution in [0.5, 0.6) is 0 Å². The highest BCUT2D eigenvalue weighted by Crippen LogP contribution is 1.98. The summed E-state index contributed by atoms with van der Waals surface area (Å²) in [5, 5.41) is 0. The number of unbranched alkanes of at least 4 members (excludes halogenated alkanes) is 3. The first-order valence-corrected chi connectivity index (χ1v) is 6.17. The van der Waals surface area contributed by atoms with Gasteiger partial charge < -0.3 is 9.53 Å². The number of hydrogen-bond acceptors (Lipinski definition) is 3. The molecule has 0 aromatic carbocycles. The minimum atomic E-state index is -0.182. The Morgan fingerprint density at radius 2 is 1.50 bits per heavy atom. The molecule has 0 spiro atoms. The van der Waals surface area contributed by atoms with Gasteiger partial charge in [-0.3, -0.25) is 4.79 Å². The van der Waals surface area contributed by atoms with Crippen LogP contribution < -0.4 is 0 Å². The van der Waals surface area contributed by atoms with E-state index in [0.717, 1.165) is 25.7 Å². The van der Waals surface area contributed by atoms with E-state index in [2.05, 4.69) is 18.6 Å². The lowest BCUT2D eigenvalue weighted by Gasteiger charge is -1.96. The smallest absolute Gasteiger partial charge is 0.302 e. The van der Waals surface area contributed by atoms with Crippen molar-refractivity contribution in [1.29, 1.82) is 0 Å². The maximum absolute atomic E-state index is 10.3. The molecule has 0 N–H and O–H groups in total. The second kappa shape index (κ2) is 14.1. The molecule has 3 nitrogen and oxygen atoms in total. The zero-order valence-corrected chi connectivity index (χ0v) is 11.2. The Bertz CT molecular complexity index is 156. The molecule has 0 radical (unpaired) electrons. The highest BCUT2D eigenvalue weighted by Gasteiger charge is 1.89. The number of ketones is 1. The number of ether oxygens (including phenoxy) is 1. The van der Waals surface area contributed by atoms with Crippen LogP contribution in [0.15, 0.2) is 0 Å². The van der Waals surface area contributed by atoms with E-state index in [1.54, 1.807) is 6.92 Å². The lowest BCUT2D eigenvalue weighted by atomic mass is 10.2. The van der Waals surface area contributed by atoms with Crippen LogP contribution in [0.3, 0.4) is 0 Å². The van der Waals surface area contributed by atoms with Crippen molar-refractivity contribution in [2.24, 2.45) is 0 Å². The molecule has 3 heteroatoms. The van der Waals surface area contributed by atoms with Crippen molar-refractivity contribution < 1.29 is 14.3 Å². The summed E-state index contributed by atoms with van der Waals surface area (Å²) in [4.78, 5) is 20.4. The lowest BCUT2D eigenvalue weighted by molar-refractivity contribution is -0.141. The molecule has 0 unspecified atom stereocenters. The first-order valence-electron chi connectivity index (χ1n) is 6.17. The van der Waals surface area contributed by atoms with Gasteiger partial charge in [0.15, 0.2) is 0 Å². The zero-order valence-electron chi connectivity index (χ0n) is 11.2. The van der Waals surface area contributed by atoms with Crippen molar-refractivity contribution in [3.05, 3.63) is 0 Å². The third-order valence-corrected chi connectivity index (χ3v) is 1.94. The summed E-state index contributed by atoms with van der Waals surface area (Å²) >= 11 is 0. The third-order valence-electron chi connectivity index (χ3n) is 1.94. The van der Waals surface area contributed by atoms with Crippen LogP contribution in [0.25, 0.3) is 0 Å². The summed E-state index contributed by atoms with van der Waals surface area (Å²) in [5.74, 6) is 0.136. The van der Waals surface area contributed by atoms with Gasteiger partial charge in [0.05, 0.1) is 6.61 Å². The highest BCUT2D eigenvalue weighted by atomic mass is 16.5. The Labute approximate surface area is 99.6 Å². The van der Waals surface area contributed by atoms with Gasteiger partial charge in [0, 0.05) is 13.3 Å². The molecule has 0 bridgehead atoms. The molecule has 0 aromatic heterocycles. The molecule has 0 amide bonds. The van der Waals surface area contributed by atoms with Gasteiger partial charge in [-0.2, -0.15) is 0 Å². The summed E-state index contributed by atoms with van der Waals surface area (Å²) in [6.07, 6.45) is 6.29. The first-order chi connectivity index (χ1) is 7.54. The monoisotopic (exact) mass is 230 g/mol. The highest BCUT2D eigenvalue weighted by molar-refractivity contribution is 5.75. The molecular formula is C13H26O3. The van der Waals surface area contributed by atoms with Crippen molar-refractivity contribution in [2.75, 3.05) is 6.61 Å². The van der Waals surface area contributed by atoms with Crippen molar-refractivity contribution in [3.63, 3.8) is 0 Å². The van der Waals surface area contributed by atoms with E-state index < -0.39 is 0 Å². The summed E-state index contributed by atoms with van der Waals surface area (Å²) in [5.41, 5.74) is 0. The Kier molecular flexibility index (Phi) is 15.5. The minimum absolute atomic E-state index is 0.182. The van der Waals surface area contributed by atoms with Gasteiger partial charge >= 0.3 is 5.97 Å². The Balaban J connectivity index is 0. The molecule has 0 aliphatic heterocycles. The maximum atomic E-state index is 10.3. The standard InChI is InChI=1S/C7H14O.C6H12O2/c1-3-4-5-6-7(2)8;1-3-4-5-8-6(2)7/h3-6H2,1-2H3;3-5H2,1-2H3. The molecule has 0 fully saturated rings. The van der Waals surface area contributed by atoms with E-state index in [9.17, 15) is 9.59 Å². The van der Waals surface area contributed by atoms with Gasteiger partial charge in [-0.25, -0.2) is 0 Å². The second-order valence-corrected chi connectivity index (χ2v) is 3.85. The largest absolute Gasteiger partial charge is 0.466 e. The fraction of sp³-hybridized carbons (Fsp3) is 0.846. The van der Waals surface area contributed by atoms with Gasteiger partial charge in [0.25, 0.3) is 0 Å². The van der Waals surface area contributed by atoms with E-state index in [4.69, 9.17) is 0 Å². The Morgan fingerprint density at radius 3 is 1.88 bits per heavy atom. The zero-order chi connectivity index (χ0) is 12.8. The SMILES string of the molecule is CCCCCC(C)=O.CCCCOC(C)=O. The van der Waals surface area contributed by atoms with Crippen LogP contribution in [0.4, 0.5) is 0 Å². The van der Waals surface area contributed by atoms with Crippen molar-refractivity contribution in [2.45, 2.75) is 66.2 Å². The van der Waals surface area contributed by atoms with Crippen LogP contribution in [-0.4, -0.2) is 18.4 Å². The van der Waals surface area contributed by atoms with Crippen molar-refractivity contribution in [3.8, 4) is 0 Å². The molecule has 0 saturated heterocycles. The topological polar surface area (TPSA) is 43.4 Å². The van der Waals surface area contributed by atoms with Gasteiger partial charge in [-0.15, -0.1) is 0 Å². The number of carbonyl (C=O) groups excluding carboxylic acids is 2. The van der Waals surface area contributed by atoms with Crippen LogP contribution >= 0.6 is 0 Å². The fourth-order valence-electron chi connectivity index (χ4n) is 0.984. The molecule has 0 aromatic rings. The Hall–Kier alpha value is -0.860. The molecule has 0 rings (SSSR count). The minimum Gasteiger partial charge on any atom is -0.466 e. The lowest BCUT2D eigenvalue weighted by Crippen LogP contribution is -1.99. The Morgan fingerprint density at radius 1 is 0.938 bits per heavy atom. The van der Waals surface area contributed by atoms with Crippen LogP contribution in [0.1, 0.15) is 66.2 Å². The number of esters is 1. The average molecular weight is 230 g/mol. The van der Waals surface area contributed by atoms with Gasteiger partial charge in [-0.05, 0) is 19.8 Å². The van der Waals surface area contributed by atoms with Crippen LogP contribution in [0.2, 0.25) is 0 Å². The normalized spacial score (nSPS) is 9.00.